The maximum atomic E-state index is 10.8. The van der Waals surface area contributed by atoms with Crippen LogP contribution in [0.5, 0.6) is 0 Å². The lowest BCUT2D eigenvalue weighted by molar-refractivity contribution is 0.405. The molecule has 86 valence electrons. The fraction of sp³-hybridized carbons (Fsp3) is 0.636. The Morgan fingerprint density at radius 1 is 1.27 bits per heavy atom. The van der Waals surface area contributed by atoms with Gasteiger partial charge in [-0.2, -0.15) is 0 Å². The minimum absolute atomic E-state index is 0.384. The van der Waals surface area contributed by atoms with Crippen molar-refractivity contribution >= 4 is 5.69 Å². The number of hydrogen-bond acceptors (Lipinski definition) is 4. The topological polar surface area (TPSA) is 49.4 Å². The van der Waals surface area contributed by atoms with Gasteiger partial charge in [-0.25, -0.2) is 0 Å². The molecule has 0 unspecified atom stereocenters. The summed E-state index contributed by atoms with van der Waals surface area (Å²) < 4.78 is 0. The van der Waals surface area contributed by atoms with E-state index in [0.717, 1.165) is 19.5 Å². The van der Waals surface area contributed by atoms with Gasteiger partial charge < -0.3 is 10.2 Å². The first-order valence-electron chi connectivity index (χ1n) is 5.30. The quantitative estimate of drug-likeness (QED) is 0.576. The highest BCUT2D eigenvalue weighted by molar-refractivity contribution is 5.46. The van der Waals surface area contributed by atoms with Crippen molar-refractivity contribution in [1.29, 1.82) is 0 Å². The van der Waals surface area contributed by atoms with Crippen molar-refractivity contribution in [1.82, 2.24) is 4.90 Å². The van der Waals surface area contributed by atoms with Crippen LogP contribution in [-0.4, -0.2) is 32.1 Å². The third kappa shape index (κ3) is 4.74. The Hall–Kier alpha value is -1.16. The number of hydrogen-bond donors (Lipinski definition) is 1. The van der Waals surface area contributed by atoms with Crippen LogP contribution in [0.15, 0.2) is 15.7 Å². The Bertz CT molecular complexity index is 338. The van der Waals surface area contributed by atoms with Gasteiger partial charge in [0.15, 0.2) is 0 Å². The van der Waals surface area contributed by atoms with E-state index in [1.807, 2.05) is 27.9 Å². The third-order valence-electron chi connectivity index (χ3n) is 1.84. The van der Waals surface area contributed by atoms with Crippen LogP contribution >= 0.6 is 0 Å². The molecular formula is C11H20N2O2. The van der Waals surface area contributed by atoms with Gasteiger partial charge in [0.05, 0.1) is 5.69 Å². The van der Waals surface area contributed by atoms with Crippen LogP contribution in [0.25, 0.3) is 0 Å². The van der Waals surface area contributed by atoms with E-state index < -0.39 is 5.43 Å². The zero-order valence-electron chi connectivity index (χ0n) is 9.96. The summed E-state index contributed by atoms with van der Waals surface area (Å²) in [5, 5.41) is 2.92. The first-order chi connectivity index (χ1) is 7.11. The lowest BCUT2D eigenvalue weighted by atomic mass is 10.2. The first kappa shape index (κ1) is 13.8. The second-order valence-corrected chi connectivity index (χ2v) is 3.33. The van der Waals surface area contributed by atoms with Crippen LogP contribution in [-0.2, 0) is 0 Å². The van der Waals surface area contributed by atoms with Crippen LogP contribution in [0.3, 0.4) is 0 Å². The molecule has 0 aliphatic rings. The predicted molar refractivity (Wildman–Crippen MR) is 64.4 cm³/mol. The van der Waals surface area contributed by atoms with Crippen LogP contribution in [0, 0.1) is 0 Å². The molecule has 1 aromatic carbocycles. The monoisotopic (exact) mass is 212 g/mol. The number of nitrogens with zero attached hydrogens (tertiary/aromatic N) is 1. The van der Waals surface area contributed by atoms with Crippen molar-refractivity contribution in [2.45, 2.75) is 20.3 Å². The summed E-state index contributed by atoms with van der Waals surface area (Å²) in [7, 11) is 3.99. The molecule has 1 N–H and O–H groups in total. The summed E-state index contributed by atoms with van der Waals surface area (Å²) in [4.78, 5) is 23.4. The van der Waals surface area contributed by atoms with Gasteiger partial charge in [-0.1, -0.05) is 13.8 Å². The Balaban J connectivity index is 0.000000921. The average Bonchev–Trinajstić information content (AvgIpc) is 2.24. The van der Waals surface area contributed by atoms with Gasteiger partial charge in [-0.15, -0.1) is 0 Å². The molecule has 0 amide bonds. The van der Waals surface area contributed by atoms with Gasteiger partial charge in [-0.3, -0.25) is 9.59 Å². The van der Waals surface area contributed by atoms with Crippen LogP contribution in [0.2, 0.25) is 0 Å². The maximum absolute atomic E-state index is 10.8. The normalized spacial score (nSPS) is 9.93. The summed E-state index contributed by atoms with van der Waals surface area (Å²) in [5.41, 5.74) is -0.316. The molecule has 0 aliphatic heterocycles. The lowest BCUT2D eigenvalue weighted by Gasteiger charge is -2.10. The van der Waals surface area contributed by atoms with E-state index in [4.69, 9.17) is 0 Å². The zero-order valence-corrected chi connectivity index (χ0v) is 9.96. The number of rotatable bonds is 5. The molecule has 15 heavy (non-hydrogen) atoms. The minimum Gasteiger partial charge on any atom is -0.382 e. The molecule has 1 aromatic rings. The number of nitrogens with one attached hydrogen (secondary N) is 1. The smallest absolute Gasteiger partial charge is 0.248 e. The van der Waals surface area contributed by atoms with E-state index in [9.17, 15) is 9.59 Å². The highest BCUT2D eigenvalue weighted by atomic mass is 16.2. The summed E-state index contributed by atoms with van der Waals surface area (Å²) in [5.74, 6) is 0. The van der Waals surface area contributed by atoms with Gasteiger partial charge in [0.25, 0.3) is 0 Å². The van der Waals surface area contributed by atoms with Crippen molar-refractivity contribution in [2.75, 3.05) is 32.5 Å². The molecule has 1 rings (SSSR count). The van der Waals surface area contributed by atoms with Gasteiger partial charge in [0.1, 0.15) is 0 Å². The van der Waals surface area contributed by atoms with E-state index >= 15 is 0 Å². The van der Waals surface area contributed by atoms with Crippen LogP contribution < -0.4 is 16.2 Å². The highest BCUT2D eigenvalue weighted by Gasteiger charge is 2.07. The van der Waals surface area contributed by atoms with Gasteiger partial charge in [0.2, 0.25) is 10.9 Å². The SMILES string of the molecule is CC.CN(C)CCCNc1cc(=O)c1=O. The van der Waals surface area contributed by atoms with E-state index in [1.54, 1.807) is 0 Å². The molecule has 0 bridgehead atoms. The molecule has 0 saturated heterocycles. The molecule has 0 atom stereocenters. The molecule has 0 saturated carbocycles. The summed E-state index contributed by atoms with van der Waals surface area (Å²) in [6.45, 7) is 5.71. The van der Waals surface area contributed by atoms with E-state index in [-0.39, 0.29) is 5.43 Å². The van der Waals surface area contributed by atoms with Crippen LogP contribution in [0.1, 0.15) is 20.3 Å². The largest absolute Gasteiger partial charge is 0.382 e. The Morgan fingerprint density at radius 3 is 2.27 bits per heavy atom. The van der Waals surface area contributed by atoms with Gasteiger partial charge in [-0.05, 0) is 27.1 Å². The van der Waals surface area contributed by atoms with Gasteiger partial charge in [0, 0.05) is 12.6 Å². The lowest BCUT2D eigenvalue weighted by Crippen LogP contribution is -2.33. The maximum Gasteiger partial charge on any atom is 0.248 e. The molecule has 0 spiro atoms. The van der Waals surface area contributed by atoms with Crippen molar-refractivity contribution in [3.8, 4) is 0 Å². The van der Waals surface area contributed by atoms with Crippen LogP contribution in [0.4, 0.5) is 5.69 Å². The molecule has 0 radical (unpaired) electrons. The molecule has 0 aliphatic carbocycles. The minimum atomic E-state index is -0.393. The molecule has 0 fully saturated rings. The van der Waals surface area contributed by atoms with Crippen molar-refractivity contribution < 1.29 is 0 Å². The van der Waals surface area contributed by atoms with E-state index in [0.29, 0.717) is 5.69 Å². The predicted octanol–water partition coefficient (Wildman–Crippen LogP) is 0.672. The van der Waals surface area contributed by atoms with Crippen molar-refractivity contribution in [2.24, 2.45) is 0 Å². The Morgan fingerprint density at radius 2 is 1.87 bits per heavy atom. The summed E-state index contributed by atoms with van der Waals surface area (Å²) >= 11 is 0. The van der Waals surface area contributed by atoms with E-state index in [1.165, 1.54) is 6.07 Å². The fourth-order valence-corrected chi connectivity index (χ4v) is 1.07. The Labute approximate surface area is 90.6 Å². The van der Waals surface area contributed by atoms with Crippen molar-refractivity contribution in [3.63, 3.8) is 0 Å². The first-order valence-corrected chi connectivity index (χ1v) is 5.30. The second kappa shape index (κ2) is 7.17. The highest BCUT2D eigenvalue weighted by Crippen LogP contribution is 1.95. The summed E-state index contributed by atoms with van der Waals surface area (Å²) in [6, 6.07) is 1.35. The zero-order chi connectivity index (χ0) is 11.8. The van der Waals surface area contributed by atoms with Crippen molar-refractivity contribution in [3.05, 3.63) is 26.5 Å². The van der Waals surface area contributed by atoms with Gasteiger partial charge >= 0.3 is 0 Å². The van der Waals surface area contributed by atoms with E-state index in [2.05, 4.69) is 10.2 Å². The standard InChI is InChI=1S/C9H14N2O2.C2H6/c1-11(2)5-3-4-10-7-6-8(12)9(7)13;1-2/h6,10H,3-5H2,1-2H3;1-2H3. The Kier molecular flexibility index (Phi) is 6.62. The molecule has 0 heterocycles. The third-order valence-corrected chi connectivity index (χ3v) is 1.84. The second-order valence-electron chi connectivity index (χ2n) is 3.33. The molecule has 0 aromatic heterocycles. The molecular weight excluding hydrogens is 192 g/mol. The molecule has 4 nitrogen and oxygen atoms in total. The fourth-order valence-electron chi connectivity index (χ4n) is 1.07. The average molecular weight is 212 g/mol. The molecule has 4 heteroatoms. The number of anilines is 1. The summed E-state index contributed by atoms with van der Waals surface area (Å²) in [6.07, 6.45) is 0.964.